The maximum absolute atomic E-state index is 5.87. The minimum absolute atomic E-state index is 0.108. The molecule has 2 rings (SSSR count). The zero-order chi connectivity index (χ0) is 13.0. The van der Waals surface area contributed by atoms with Crippen LogP contribution in [0.1, 0.15) is 29.8 Å². The van der Waals surface area contributed by atoms with Crippen molar-refractivity contribution in [3.05, 3.63) is 47.5 Å². The molecule has 18 heavy (non-hydrogen) atoms. The van der Waals surface area contributed by atoms with Gasteiger partial charge in [0.25, 0.3) is 0 Å². The van der Waals surface area contributed by atoms with Crippen LogP contribution in [0.5, 0.6) is 5.75 Å². The van der Waals surface area contributed by atoms with E-state index < -0.39 is 0 Å². The van der Waals surface area contributed by atoms with E-state index in [1.807, 2.05) is 12.3 Å². The molecule has 0 spiro atoms. The predicted molar refractivity (Wildman–Crippen MR) is 71.9 cm³/mol. The Hall–Kier alpha value is -1.81. The number of H-pyrrole nitrogens is 1. The second kappa shape index (κ2) is 5.69. The fraction of sp³-hybridized carbons (Fsp3) is 0.357. The summed E-state index contributed by atoms with van der Waals surface area (Å²) in [5.74, 6) is 1.94. The predicted octanol–water partition coefficient (Wildman–Crippen LogP) is 2.07. The van der Waals surface area contributed by atoms with Crippen molar-refractivity contribution >= 4 is 0 Å². The number of ether oxygens (including phenoxy) is 1. The number of methoxy groups -OCH3 is 1. The summed E-state index contributed by atoms with van der Waals surface area (Å²) in [6.45, 7) is 2.65. The van der Waals surface area contributed by atoms with Gasteiger partial charge < -0.3 is 15.5 Å². The van der Waals surface area contributed by atoms with Crippen molar-refractivity contribution in [1.82, 2.24) is 9.97 Å². The van der Waals surface area contributed by atoms with Crippen LogP contribution in [0.15, 0.2) is 30.6 Å². The molecule has 4 nitrogen and oxygen atoms in total. The van der Waals surface area contributed by atoms with Crippen molar-refractivity contribution in [1.29, 1.82) is 0 Å². The highest BCUT2D eigenvalue weighted by Gasteiger charge is 2.16. The van der Waals surface area contributed by atoms with Gasteiger partial charge in [-0.05, 0) is 23.6 Å². The van der Waals surface area contributed by atoms with Gasteiger partial charge in [0.2, 0.25) is 0 Å². The van der Waals surface area contributed by atoms with Crippen molar-refractivity contribution in [3.8, 4) is 5.75 Å². The largest absolute Gasteiger partial charge is 0.496 e. The molecular weight excluding hydrogens is 226 g/mol. The number of hydrogen-bond acceptors (Lipinski definition) is 3. The van der Waals surface area contributed by atoms with Gasteiger partial charge in [-0.2, -0.15) is 0 Å². The normalized spacial score (nSPS) is 12.4. The summed E-state index contributed by atoms with van der Waals surface area (Å²) in [4.78, 5) is 7.43. The van der Waals surface area contributed by atoms with Crippen LogP contribution in [0, 0.1) is 0 Å². The lowest BCUT2D eigenvalue weighted by Crippen LogP contribution is -2.15. The molecule has 0 fully saturated rings. The summed E-state index contributed by atoms with van der Waals surface area (Å²) < 4.78 is 5.34. The van der Waals surface area contributed by atoms with Crippen LogP contribution in [-0.2, 0) is 6.42 Å². The zero-order valence-corrected chi connectivity index (χ0v) is 10.8. The van der Waals surface area contributed by atoms with Crippen molar-refractivity contribution in [2.75, 3.05) is 13.7 Å². The number of hydrogen-bond donors (Lipinski definition) is 2. The van der Waals surface area contributed by atoms with Gasteiger partial charge in [-0.3, -0.25) is 0 Å². The summed E-state index contributed by atoms with van der Waals surface area (Å²) in [5.41, 5.74) is 8.23. The van der Waals surface area contributed by atoms with Gasteiger partial charge in [0.1, 0.15) is 11.6 Å². The van der Waals surface area contributed by atoms with E-state index >= 15 is 0 Å². The van der Waals surface area contributed by atoms with Gasteiger partial charge in [0.05, 0.1) is 13.0 Å². The summed E-state index contributed by atoms with van der Waals surface area (Å²) in [6, 6.07) is 6.21. The molecular formula is C14H19N3O. The zero-order valence-electron chi connectivity index (χ0n) is 10.8. The number of benzene rings is 1. The lowest BCUT2D eigenvalue weighted by atomic mass is 9.95. The Kier molecular flexibility index (Phi) is 3.99. The molecule has 4 heteroatoms. The molecule has 1 atom stereocenters. The van der Waals surface area contributed by atoms with Gasteiger partial charge in [-0.15, -0.1) is 0 Å². The second-order valence-corrected chi connectivity index (χ2v) is 4.19. The van der Waals surface area contributed by atoms with Gasteiger partial charge in [0, 0.05) is 18.9 Å². The molecule has 0 bridgehead atoms. The Morgan fingerprint density at radius 1 is 1.44 bits per heavy atom. The standard InChI is InChI=1S/C14H19N3O/c1-3-10-8-11(4-5-13(10)18-2)12(9-15)14-16-6-7-17-14/h4-8,12H,3,9,15H2,1-2H3,(H,16,17). The van der Waals surface area contributed by atoms with Crippen molar-refractivity contribution in [3.63, 3.8) is 0 Å². The molecule has 0 amide bonds. The van der Waals surface area contributed by atoms with E-state index in [1.165, 1.54) is 11.1 Å². The first-order valence-corrected chi connectivity index (χ1v) is 6.16. The van der Waals surface area contributed by atoms with E-state index in [0.717, 1.165) is 18.0 Å². The Balaban J connectivity index is 2.37. The van der Waals surface area contributed by atoms with E-state index in [-0.39, 0.29) is 5.92 Å². The highest BCUT2D eigenvalue weighted by Crippen LogP contribution is 2.27. The monoisotopic (exact) mass is 245 g/mol. The van der Waals surface area contributed by atoms with Crippen LogP contribution in [0.2, 0.25) is 0 Å². The molecule has 0 aliphatic rings. The fourth-order valence-electron chi connectivity index (χ4n) is 2.17. The Labute approximate surface area is 107 Å². The molecule has 2 aromatic rings. The smallest absolute Gasteiger partial charge is 0.122 e. The lowest BCUT2D eigenvalue weighted by Gasteiger charge is -2.15. The van der Waals surface area contributed by atoms with Gasteiger partial charge in [0.15, 0.2) is 0 Å². The van der Waals surface area contributed by atoms with Crippen LogP contribution in [0.3, 0.4) is 0 Å². The Morgan fingerprint density at radius 2 is 2.28 bits per heavy atom. The van der Waals surface area contributed by atoms with E-state index in [4.69, 9.17) is 10.5 Å². The first-order chi connectivity index (χ1) is 8.80. The minimum Gasteiger partial charge on any atom is -0.496 e. The van der Waals surface area contributed by atoms with Gasteiger partial charge >= 0.3 is 0 Å². The highest BCUT2D eigenvalue weighted by atomic mass is 16.5. The molecule has 3 N–H and O–H groups in total. The number of rotatable bonds is 5. The molecule has 96 valence electrons. The summed E-state index contributed by atoms with van der Waals surface area (Å²) in [5, 5.41) is 0. The molecule has 0 saturated carbocycles. The summed E-state index contributed by atoms with van der Waals surface area (Å²) >= 11 is 0. The second-order valence-electron chi connectivity index (χ2n) is 4.19. The molecule has 0 saturated heterocycles. The first kappa shape index (κ1) is 12.6. The summed E-state index contributed by atoms with van der Waals surface area (Å²) in [6.07, 6.45) is 4.51. The maximum Gasteiger partial charge on any atom is 0.122 e. The van der Waals surface area contributed by atoms with E-state index in [1.54, 1.807) is 13.3 Å². The number of aromatic amines is 1. The van der Waals surface area contributed by atoms with Crippen molar-refractivity contribution in [2.24, 2.45) is 5.73 Å². The SMILES string of the molecule is CCc1cc(C(CN)c2ncc[nH]2)ccc1OC. The third-order valence-electron chi connectivity index (χ3n) is 3.17. The number of aryl methyl sites for hydroxylation is 1. The molecule has 0 aliphatic heterocycles. The van der Waals surface area contributed by atoms with Gasteiger partial charge in [-0.25, -0.2) is 4.98 Å². The van der Waals surface area contributed by atoms with E-state index in [9.17, 15) is 0 Å². The Bertz CT molecular complexity index is 494. The van der Waals surface area contributed by atoms with Crippen molar-refractivity contribution < 1.29 is 4.74 Å². The summed E-state index contributed by atoms with van der Waals surface area (Å²) in [7, 11) is 1.70. The quantitative estimate of drug-likeness (QED) is 0.847. The third-order valence-corrected chi connectivity index (χ3v) is 3.17. The van der Waals surface area contributed by atoms with E-state index in [0.29, 0.717) is 6.54 Å². The van der Waals surface area contributed by atoms with Gasteiger partial charge in [-0.1, -0.05) is 19.1 Å². The number of nitrogens with one attached hydrogen (secondary N) is 1. The molecule has 1 aromatic heterocycles. The maximum atomic E-state index is 5.87. The van der Waals surface area contributed by atoms with Crippen LogP contribution in [0.4, 0.5) is 0 Å². The topological polar surface area (TPSA) is 63.9 Å². The van der Waals surface area contributed by atoms with Crippen LogP contribution >= 0.6 is 0 Å². The molecule has 0 aliphatic carbocycles. The highest BCUT2D eigenvalue weighted by molar-refractivity contribution is 5.40. The van der Waals surface area contributed by atoms with E-state index in [2.05, 4.69) is 29.0 Å². The lowest BCUT2D eigenvalue weighted by molar-refractivity contribution is 0.410. The molecule has 1 unspecified atom stereocenters. The van der Waals surface area contributed by atoms with Crippen LogP contribution in [0.25, 0.3) is 0 Å². The van der Waals surface area contributed by atoms with Crippen molar-refractivity contribution in [2.45, 2.75) is 19.3 Å². The van der Waals surface area contributed by atoms with Crippen LogP contribution < -0.4 is 10.5 Å². The number of imidazole rings is 1. The number of nitrogens with zero attached hydrogens (tertiary/aromatic N) is 1. The average Bonchev–Trinajstić information content (AvgIpc) is 2.93. The third kappa shape index (κ3) is 2.38. The first-order valence-electron chi connectivity index (χ1n) is 6.16. The number of aromatic nitrogens is 2. The minimum atomic E-state index is 0.108. The molecule has 1 heterocycles. The molecule has 0 radical (unpaired) electrons. The Morgan fingerprint density at radius 3 is 2.83 bits per heavy atom. The average molecular weight is 245 g/mol. The fourth-order valence-corrected chi connectivity index (χ4v) is 2.17. The number of nitrogens with two attached hydrogens (primary N) is 1. The van der Waals surface area contributed by atoms with Crippen LogP contribution in [-0.4, -0.2) is 23.6 Å². The molecule has 1 aromatic carbocycles.